The van der Waals surface area contributed by atoms with E-state index in [-0.39, 0.29) is 11.5 Å². The van der Waals surface area contributed by atoms with Crippen LogP contribution in [-0.4, -0.2) is 20.7 Å². The summed E-state index contributed by atoms with van der Waals surface area (Å²) in [6.45, 7) is 1.49. The number of nitro benzene ring substituents is 1. The number of benzene rings is 2. The van der Waals surface area contributed by atoms with Crippen LogP contribution in [0.5, 0.6) is 0 Å². The Morgan fingerprint density at radius 1 is 1.24 bits per heavy atom. The van der Waals surface area contributed by atoms with Gasteiger partial charge in [-0.05, 0) is 13.0 Å². The van der Waals surface area contributed by atoms with Gasteiger partial charge in [0.05, 0.1) is 16.0 Å². The molecule has 3 aromatic rings. The van der Waals surface area contributed by atoms with Crippen LogP contribution in [0.3, 0.4) is 0 Å². The number of nitrogens with zero attached hydrogens (tertiary/aromatic N) is 2. The minimum atomic E-state index is -0.455. The number of hydrogen-bond donors (Lipinski definition) is 1. The summed E-state index contributed by atoms with van der Waals surface area (Å²) in [7, 11) is 0. The van der Waals surface area contributed by atoms with E-state index in [2.05, 4.69) is 9.97 Å². The van der Waals surface area contributed by atoms with Crippen molar-refractivity contribution in [1.82, 2.24) is 9.97 Å². The van der Waals surface area contributed by atoms with Gasteiger partial charge in [0.25, 0.3) is 5.69 Å². The molecule has 2 aromatic carbocycles. The summed E-state index contributed by atoms with van der Waals surface area (Å²) in [5.74, 6) is 0.466. The number of H-pyrrole nitrogens is 1. The highest BCUT2D eigenvalue weighted by Gasteiger charge is 2.14. The molecular weight excluding hydrogens is 270 g/mol. The molecule has 0 fully saturated rings. The number of Topliss-reactive ketones (excluding diaryl/α,β-unsaturated/α-hetero) is 1. The first-order valence-corrected chi connectivity index (χ1v) is 6.31. The molecule has 0 unspecified atom stereocenters. The van der Waals surface area contributed by atoms with E-state index in [1.54, 1.807) is 24.3 Å². The highest BCUT2D eigenvalue weighted by Crippen LogP contribution is 2.26. The normalized spacial score (nSPS) is 10.7. The lowest BCUT2D eigenvalue weighted by atomic mass is 10.0. The van der Waals surface area contributed by atoms with Crippen molar-refractivity contribution in [2.24, 2.45) is 0 Å². The summed E-state index contributed by atoms with van der Waals surface area (Å²) in [6.07, 6.45) is 0. The number of carbonyl (C=O) groups is 1. The molecular formula is C15H11N3O3. The predicted molar refractivity (Wildman–Crippen MR) is 78.2 cm³/mol. The molecule has 3 rings (SSSR count). The average Bonchev–Trinajstić information content (AvgIpc) is 2.89. The lowest BCUT2D eigenvalue weighted by molar-refractivity contribution is -0.384. The van der Waals surface area contributed by atoms with Crippen molar-refractivity contribution in [3.63, 3.8) is 0 Å². The van der Waals surface area contributed by atoms with E-state index in [0.717, 1.165) is 0 Å². The number of non-ortho nitro benzene ring substituents is 1. The number of fused-ring (bicyclic) bond motifs is 1. The summed E-state index contributed by atoms with van der Waals surface area (Å²) in [5.41, 5.74) is 2.43. The number of hydrogen-bond acceptors (Lipinski definition) is 4. The molecule has 0 bridgehead atoms. The standard InChI is InChI=1S/C15H11N3O3/c1-9(19)11-4-2-3-5-12(11)15-16-13-7-6-10(18(20)21)8-14(13)17-15/h2-8H,1H3,(H,16,17). The zero-order valence-corrected chi connectivity index (χ0v) is 11.2. The van der Waals surface area contributed by atoms with Crippen LogP contribution >= 0.6 is 0 Å². The molecule has 1 heterocycles. The van der Waals surface area contributed by atoms with Gasteiger partial charge in [-0.25, -0.2) is 4.98 Å². The van der Waals surface area contributed by atoms with Crippen LogP contribution in [0.1, 0.15) is 17.3 Å². The van der Waals surface area contributed by atoms with Crippen molar-refractivity contribution in [2.75, 3.05) is 0 Å². The SMILES string of the molecule is CC(=O)c1ccccc1-c1nc2ccc([N+](=O)[O-])cc2[nH]1. The number of nitro groups is 1. The molecule has 0 saturated carbocycles. The van der Waals surface area contributed by atoms with Gasteiger partial charge in [0.15, 0.2) is 5.78 Å². The molecule has 6 nitrogen and oxygen atoms in total. The minimum absolute atomic E-state index is 0.00227. The zero-order chi connectivity index (χ0) is 15.0. The molecule has 0 amide bonds. The van der Waals surface area contributed by atoms with Gasteiger partial charge in [-0.2, -0.15) is 0 Å². The second-order valence-corrected chi connectivity index (χ2v) is 4.65. The van der Waals surface area contributed by atoms with Crippen molar-refractivity contribution >= 4 is 22.5 Å². The molecule has 0 spiro atoms. The van der Waals surface area contributed by atoms with Crippen LogP contribution in [0.4, 0.5) is 5.69 Å². The monoisotopic (exact) mass is 281 g/mol. The lowest BCUT2D eigenvalue weighted by Gasteiger charge is -2.02. The summed E-state index contributed by atoms with van der Waals surface area (Å²) in [5, 5.41) is 10.8. The average molecular weight is 281 g/mol. The highest BCUT2D eigenvalue weighted by atomic mass is 16.6. The second-order valence-electron chi connectivity index (χ2n) is 4.65. The van der Waals surface area contributed by atoms with Crippen molar-refractivity contribution in [3.8, 4) is 11.4 Å². The molecule has 6 heteroatoms. The zero-order valence-electron chi connectivity index (χ0n) is 11.2. The summed E-state index contributed by atoms with van der Waals surface area (Å²) >= 11 is 0. The number of rotatable bonds is 3. The third kappa shape index (κ3) is 2.27. The van der Waals surface area contributed by atoms with E-state index >= 15 is 0 Å². The van der Waals surface area contributed by atoms with Crippen molar-refractivity contribution in [3.05, 3.63) is 58.1 Å². The van der Waals surface area contributed by atoms with Crippen LogP contribution in [0.25, 0.3) is 22.4 Å². The van der Waals surface area contributed by atoms with Gasteiger partial charge in [-0.3, -0.25) is 14.9 Å². The van der Waals surface area contributed by atoms with Crippen molar-refractivity contribution < 1.29 is 9.72 Å². The van der Waals surface area contributed by atoms with Crippen LogP contribution in [0, 0.1) is 10.1 Å². The van der Waals surface area contributed by atoms with Gasteiger partial charge in [0, 0.05) is 23.3 Å². The molecule has 0 aliphatic carbocycles. The second kappa shape index (κ2) is 4.82. The summed E-state index contributed by atoms with van der Waals surface area (Å²) in [6, 6.07) is 11.6. The Kier molecular flexibility index (Phi) is 2.98. The molecule has 1 N–H and O–H groups in total. The maximum atomic E-state index is 11.7. The quantitative estimate of drug-likeness (QED) is 0.453. The van der Waals surface area contributed by atoms with E-state index in [0.29, 0.717) is 28.0 Å². The summed E-state index contributed by atoms with van der Waals surface area (Å²) < 4.78 is 0. The Morgan fingerprint density at radius 3 is 2.71 bits per heavy atom. The Hall–Kier alpha value is -3.02. The Balaban J connectivity index is 2.18. The molecule has 0 saturated heterocycles. The molecule has 0 radical (unpaired) electrons. The third-order valence-electron chi connectivity index (χ3n) is 3.24. The van der Waals surface area contributed by atoms with Crippen molar-refractivity contribution in [2.45, 2.75) is 6.92 Å². The molecule has 0 atom stereocenters. The maximum Gasteiger partial charge on any atom is 0.271 e. The third-order valence-corrected chi connectivity index (χ3v) is 3.24. The fraction of sp³-hybridized carbons (Fsp3) is 0.0667. The van der Waals surface area contributed by atoms with E-state index in [9.17, 15) is 14.9 Å². The van der Waals surface area contributed by atoms with E-state index in [1.165, 1.54) is 19.1 Å². The van der Waals surface area contributed by atoms with Crippen LogP contribution < -0.4 is 0 Å². The van der Waals surface area contributed by atoms with E-state index < -0.39 is 4.92 Å². The van der Waals surface area contributed by atoms with Crippen LogP contribution in [0.15, 0.2) is 42.5 Å². The van der Waals surface area contributed by atoms with E-state index in [4.69, 9.17) is 0 Å². The highest BCUT2D eigenvalue weighted by molar-refractivity contribution is 6.00. The number of ketones is 1. The number of imidazole rings is 1. The Morgan fingerprint density at radius 2 is 2.00 bits per heavy atom. The predicted octanol–water partition coefficient (Wildman–Crippen LogP) is 3.34. The minimum Gasteiger partial charge on any atom is -0.338 e. The van der Waals surface area contributed by atoms with Crippen LogP contribution in [-0.2, 0) is 0 Å². The molecule has 21 heavy (non-hydrogen) atoms. The number of aromatic amines is 1. The van der Waals surface area contributed by atoms with Gasteiger partial charge in [-0.15, -0.1) is 0 Å². The van der Waals surface area contributed by atoms with Gasteiger partial charge in [0.2, 0.25) is 0 Å². The summed E-state index contributed by atoms with van der Waals surface area (Å²) in [4.78, 5) is 29.4. The number of carbonyl (C=O) groups excluding carboxylic acids is 1. The fourth-order valence-corrected chi connectivity index (χ4v) is 2.24. The van der Waals surface area contributed by atoms with Gasteiger partial charge >= 0.3 is 0 Å². The maximum absolute atomic E-state index is 11.7. The first kappa shape index (κ1) is 13.0. The topological polar surface area (TPSA) is 88.9 Å². The largest absolute Gasteiger partial charge is 0.338 e. The molecule has 1 aromatic heterocycles. The fourth-order valence-electron chi connectivity index (χ4n) is 2.24. The smallest absolute Gasteiger partial charge is 0.271 e. The Bertz CT molecular complexity index is 867. The Labute approximate surface area is 119 Å². The first-order valence-electron chi connectivity index (χ1n) is 6.31. The number of nitrogens with one attached hydrogen (secondary N) is 1. The van der Waals surface area contributed by atoms with Crippen LogP contribution in [0.2, 0.25) is 0 Å². The van der Waals surface area contributed by atoms with Gasteiger partial charge < -0.3 is 4.98 Å². The number of aromatic nitrogens is 2. The van der Waals surface area contributed by atoms with Gasteiger partial charge in [-0.1, -0.05) is 24.3 Å². The molecule has 104 valence electrons. The van der Waals surface area contributed by atoms with Gasteiger partial charge in [0.1, 0.15) is 5.82 Å². The lowest BCUT2D eigenvalue weighted by Crippen LogP contribution is -1.96. The first-order chi connectivity index (χ1) is 10.1. The van der Waals surface area contributed by atoms with Crippen molar-refractivity contribution in [1.29, 1.82) is 0 Å². The molecule has 0 aliphatic rings. The van der Waals surface area contributed by atoms with E-state index in [1.807, 2.05) is 6.07 Å². The molecule has 0 aliphatic heterocycles.